The Morgan fingerprint density at radius 3 is 2.92 bits per heavy atom. The third-order valence-corrected chi connectivity index (χ3v) is 3.81. The van der Waals surface area contributed by atoms with Gasteiger partial charge in [-0.2, -0.15) is 0 Å². The number of rotatable bonds is 1. The highest BCUT2D eigenvalue weighted by Gasteiger charge is 2.08. The Balaban J connectivity index is 2.77. The molecule has 1 aromatic heterocycles. The molecule has 2 aromatic rings. The van der Waals surface area contributed by atoms with Crippen LogP contribution in [0.25, 0.3) is 10.1 Å². The van der Waals surface area contributed by atoms with E-state index in [1.165, 1.54) is 0 Å². The molecule has 3 heteroatoms. The largest absolute Gasteiger partial charge is 0.506 e. The summed E-state index contributed by atoms with van der Waals surface area (Å²) in [6.45, 7) is 2.06. The molecule has 68 valence electrons. The average Bonchev–Trinajstić information content (AvgIpc) is 2.44. The van der Waals surface area contributed by atoms with Crippen molar-refractivity contribution in [1.82, 2.24) is 0 Å². The van der Waals surface area contributed by atoms with Gasteiger partial charge in [0.05, 0.1) is 0 Å². The summed E-state index contributed by atoms with van der Waals surface area (Å²) in [5, 5.41) is 10.8. The molecule has 0 fully saturated rings. The number of halogens is 1. The van der Waals surface area contributed by atoms with Crippen LogP contribution in [0.1, 0.15) is 11.8 Å². The fraction of sp³-hybridized carbons (Fsp3) is 0.200. The SMILES string of the molecule is CCc1sc2ccc(Br)cc2c1O. The number of aromatic hydroxyl groups is 1. The van der Waals surface area contributed by atoms with Crippen LogP contribution in [0.2, 0.25) is 0 Å². The summed E-state index contributed by atoms with van der Waals surface area (Å²) in [4.78, 5) is 1.06. The van der Waals surface area contributed by atoms with Crippen LogP contribution in [-0.4, -0.2) is 5.11 Å². The minimum atomic E-state index is 0.448. The molecule has 1 nitrogen and oxygen atoms in total. The van der Waals surface area contributed by atoms with E-state index in [-0.39, 0.29) is 0 Å². The second kappa shape index (κ2) is 3.31. The Morgan fingerprint density at radius 2 is 2.23 bits per heavy atom. The molecule has 0 amide bonds. The molecule has 1 aromatic carbocycles. The van der Waals surface area contributed by atoms with Gasteiger partial charge in [-0.15, -0.1) is 11.3 Å². The summed E-state index contributed by atoms with van der Waals surface area (Å²) in [6.07, 6.45) is 0.892. The van der Waals surface area contributed by atoms with E-state index in [9.17, 15) is 5.11 Å². The summed E-state index contributed by atoms with van der Waals surface area (Å²) in [5.41, 5.74) is 0. The second-order valence-electron chi connectivity index (χ2n) is 2.87. The molecule has 0 aliphatic heterocycles. The smallest absolute Gasteiger partial charge is 0.137 e. The van der Waals surface area contributed by atoms with Crippen molar-refractivity contribution in [3.05, 3.63) is 27.5 Å². The fourth-order valence-electron chi connectivity index (χ4n) is 1.35. The zero-order valence-corrected chi connectivity index (χ0v) is 9.58. The van der Waals surface area contributed by atoms with E-state index in [2.05, 4.69) is 22.9 Å². The Hall–Kier alpha value is -0.540. The van der Waals surface area contributed by atoms with E-state index in [0.29, 0.717) is 5.75 Å². The minimum Gasteiger partial charge on any atom is -0.506 e. The molecular formula is C10H9BrOS. The van der Waals surface area contributed by atoms with E-state index in [4.69, 9.17) is 0 Å². The highest BCUT2D eigenvalue weighted by molar-refractivity contribution is 9.10. The lowest BCUT2D eigenvalue weighted by atomic mass is 10.2. The first kappa shape index (κ1) is 9.03. The first-order valence-corrected chi connectivity index (χ1v) is 5.73. The maximum absolute atomic E-state index is 9.80. The molecule has 0 saturated carbocycles. The summed E-state index contributed by atoms with van der Waals surface area (Å²) in [5.74, 6) is 0.448. The topological polar surface area (TPSA) is 20.2 Å². The second-order valence-corrected chi connectivity index (χ2v) is 4.92. The third-order valence-electron chi connectivity index (χ3n) is 2.02. The predicted molar refractivity (Wildman–Crippen MR) is 60.6 cm³/mol. The van der Waals surface area contributed by atoms with Gasteiger partial charge in [0, 0.05) is 19.4 Å². The Labute approximate surface area is 89.1 Å². The molecule has 0 unspecified atom stereocenters. The lowest BCUT2D eigenvalue weighted by molar-refractivity contribution is 0.478. The van der Waals surface area contributed by atoms with Crippen molar-refractivity contribution in [2.75, 3.05) is 0 Å². The van der Waals surface area contributed by atoms with Crippen molar-refractivity contribution in [3.63, 3.8) is 0 Å². The van der Waals surface area contributed by atoms with Gasteiger partial charge >= 0.3 is 0 Å². The molecule has 0 aliphatic carbocycles. The van der Waals surface area contributed by atoms with Crippen LogP contribution in [0.5, 0.6) is 5.75 Å². The first-order valence-electron chi connectivity index (χ1n) is 4.12. The van der Waals surface area contributed by atoms with Crippen LogP contribution in [-0.2, 0) is 6.42 Å². The third kappa shape index (κ3) is 1.46. The zero-order chi connectivity index (χ0) is 9.42. The van der Waals surface area contributed by atoms with Crippen molar-refractivity contribution in [3.8, 4) is 5.75 Å². The fourth-order valence-corrected chi connectivity index (χ4v) is 2.73. The van der Waals surface area contributed by atoms with E-state index >= 15 is 0 Å². The maximum Gasteiger partial charge on any atom is 0.137 e. The number of hydrogen-bond acceptors (Lipinski definition) is 2. The summed E-state index contributed by atoms with van der Waals surface area (Å²) < 4.78 is 2.16. The normalized spacial score (nSPS) is 10.9. The number of benzene rings is 1. The van der Waals surface area contributed by atoms with E-state index in [1.807, 2.05) is 18.2 Å². The van der Waals surface area contributed by atoms with Gasteiger partial charge in [-0.1, -0.05) is 22.9 Å². The number of aryl methyl sites for hydroxylation is 1. The summed E-state index contributed by atoms with van der Waals surface area (Å²) in [7, 11) is 0. The van der Waals surface area contributed by atoms with Gasteiger partial charge < -0.3 is 5.11 Å². The quantitative estimate of drug-likeness (QED) is 0.820. The Kier molecular flexibility index (Phi) is 2.30. The molecule has 0 aliphatic rings. The molecule has 0 saturated heterocycles. The molecule has 13 heavy (non-hydrogen) atoms. The number of fused-ring (bicyclic) bond motifs is 1. The van der Waals surface area contributed by atoms with Crippen molar-refractivity contribution in [1.29, 1.82) is 0 Å². The zero-order valence-electron chi connectivity index (χ0n) is 7.17. The van der Waals surface area contributed by atoms with Crippen LogP contribution in [0.3, 0.4) is 0 Å². The van der Waals surface area contributed by atoms with Gasteiger partial charge in [-0.25, -0.2) is 0 Å². The van der Waals surface area contributed by atoms with Crippen molar-refractivity contribution >= 4 is 37.4 Å². The Bertz CT molecular complexity index is 447. The van der Waals surface area contributed by atoms with Gasteiger partial charge in [0.25, 0.3) is 0 Å². The van der Waals surface area contributed by atoms with Crippen LogP contribution in [0.4, 0.5) is 0 Å². The Morgan fingerprint density at radius 1 is 1.46 bits per heavy atom. The highest BCUT2D eigenvalue weighted by atomic mass is 79.9. The maximum atomic E-state index is 9.80. The number of thiophene rings is 1. The molecule has 0 bridgehead atoms. The average molecular weight is 257 g/mol. The lowest BCUT2D eigenvalue weighted by Gasteiger charge is -1.92. The molecule has 1 heterocycles. The molecule has 1 N–H and O–H groups in total. The summed E-state index contributed by atoms with van der Waals surface area (Å²) in [6, 6.07) is 5.99. The lowest BCUT2D eigenvalue weighted by Crippen LogP contribution is -1.70. The molecular weight excluding hydrogens is 248 g/mol. The van der Waals surface area contributed by atoms with Gasteiger partial charge in [-0.05, 0) is 24.6 Å². The van der Waals surface area contributed by atoms with Crippen LogP contribution in [0, 0.1) is 0 Å². The van der Waals surface area contributed by atoms with Crippen LogP contribution < -0.4 is 0 Å². The molecule has 0 radical (unpaired) electrons. The van der Waals surface area contributed by atoms with Crippen LogP contribution in [0.15, 0.2) is 22.7 Å². The van der Waals surface area contributed by atoms with E-state index < -0.39 is 0 Å². The van der Waals surface area contributed by atoms with Crippen molar-refractivity contribution in [2.45, 2.75) is 13.3 Å². The van der Waals surface area contributed by atoms with Gasteiger partial charge in [0.15, 0.2) is 0 Å². The minimum absolute atomic E-state index is 0.448. The monoisotopic (exact) mass is 256 g/mol. The number of hydrogen-bond donors (Lipinski definition) is 1. The van der Waals surface area contributed by atoms with Gasteiger partial charge in [0.2, 0.25) is 0 Å². The molecule has 0 spiro atoms. The summed E-state index contributed by atoms with van der Waals surface area (Å²) >= 11 is 5.05. The van der Waals surface area contributed by atoms with Crippen molar-refractivity contribution in [2.24, 2.45) is 0 Å². The molecule has 0 atom stereocenters. The molecule has 2 rings (SSSR count). The van der Waals surface area contributed by atoms with E-state index in [0.717, 1.165) is 25.9 Å². The first-order chi connectivity index (χ1) is 6.22. The highest BCUT2D eigenvalue weighted by Crippen LogP contribution is 2.38. The van der Waals surface area contributed by atoms with Gasteiger partial charge in [-0.3, -0.25) is 0 Å². The van der Waals surface area contributed by atoms with Crippen LogP contribution >= 0.6 is 27.3 Å². The standard InChI is InChI=1S/C10H9BrOS/c1-2-8-10(12)7-5-6(11)3-4-9(7)13-8/h3-5,12H,2H2,1H3. The van der Waals surface area contributed by atoms with E-state index in [1.54, 1.807) is 11.3 Å². The van der Waals surface area contributed by atoms with Gasteiger partial charge in [0.1, 0.15) is 5.75 Å². The van der Waals surface area contributed by atoms with Crippen molar-refractivity contribution < 1.29 is 5.11 Å². The predicted octanol–water partition coefficient (Wildman–Crippen LogP) is 3.93.